The number of rotatable bonds is 3. The Hall–Kier alpha value is -1.99. The highest BCUT2D eigenvalue weighted by atomic mass is 79.9. The zero-order chi connectivity index (χ0) is 13.8. The Bertz CT molecular complexity index is 620. The van der Waals surface area contributed by atoms with E-state index in [0.29, 0.717) is 10.2 Å². The van der Waals surface area contributed by atoms with Crippen LogP contribution < -0.4 is 16.6 Å². The molecule has 4 N–H and O–H groups in total. The number of nitrogens with two attached hydrogens (primary N) is 1. The van der Waals surface area contributed by atoms with E-state index in [1.807, 2.05) is 0 Å². The van der Waals surface area contributed by atoms with Crippen LogP contribution in [0.25, 0.3) is 0 Å². The Morgan fingerprint density at radius 1 is 1.32 bits per heavy atom. The van der Waals surface area contributed by atoms with Gasteiger partial charge in [0.15, 0.2) is 0 Å². The van der Waals surface area contributed by atoms with E-state index in [1.165, 1.54) is 30.6 Å². The molecule has 0 radical (unpaired) electrons. The monoisotopic (exact) mass is 324 g/mol. The van der Waals surface area contributed by atoms with Crippen LogP contribution >= 0.6 is 15.9 Å². The summed E-state index contributed by atoms with van der Waals surface area (Å²) in [6.45, 7) is 0. The topological polar surface area (TPSA) is 80.0 Å². The third-order valence-corrected chi connectivity index (χ3v) is 2.89. The van der Waals surface area contributed by atoms with Crippen LogP contribution in [-0.4, -0.2) is 10.9 Å². The van der Waals surface area contributed by atoms with Crippen LogP contribution in [-0.2, 0) is 0 Å². The van der Waals surface area contributed by atoms with E-state index in [0.717, 1.165) is 0 Å². The van der Waals surface area contributed by atoms with Crippen molar-refractivity contribution in [3.8, 4) is 0 Å². The minimum Gasteiger partial charge on any atom is -0.322 e. The maximum Gasteiger partial charge on any atom is 0.258 e. The molecule has 0 saturated carbocycles. The number of carbonyl (C=O) groups is 1. The summed E-state index contributed by atoms with van der Waals surface area (Å²) in [5.74, 6) is 4.28. The van der Waals surface area contributed by atoms with Gasteiger partial charge in [-0.3, -0.25) is 15.6 Å². The van der Waals surface area contributed by atoms with E-state index in [4.69, 9.17) is 5.84 Å². The molecule has 0 spiro atoms. The Morgan fingerprint density at radius 3 is 2.79 bits per heavy atom. The first-order valence-corrected chi connectivity index (χ1v) is 6.08. The van der Waals surface area contributed by atoms with E-state index in [1.54, 1.807) is 6.07 Å². The summed E-state index contributed by atoms with van der Waals surface area (Å²) in [4.78, 5) is 15.9. The average Bonchev–Trinajstić information content (AvgIpc) is 2.41. The van der Waals surface area contributed by atoms with Crippen LogP contribution in [0.2, 0.25) is 0 Å². The number of hydrazine groups is 1. The lowest BCUT2D eigenvalue weighted by Gasteiger charge is -2.09. The van der Waals surface area contributed by atoms with Crippen molar-refractivity contribution in [1.29, 1.82) is 0 Å². The van der Waals surface area contributed by atoms with Gasteiger partial charge in [-0.15, -0.1) is 0 Å². The molecular weight excluding hydrogens is 315 g/mol. The number of amides is 1. The number of anilines is 2. The normalized spacial score (nSPS) is 10.1. The van der Waals surface area contributed by atoms with Gasteiger partial charge in [0.2, 0.25) is 0 Å². The van der Waals surface area contributed by atoms with E-state index in [9.17, 15) is 9.18 Å². The molecule has 0 unspecified atom stereocenters. The molecule has 0 atom stereocenters. The Balaban J connectivity index is 2.26. The molecule has 19 heavy (non-hydrogen) atoms. The molecule has 98 valence electrons. The molecule has 5 nitrogen and oxygen atoms in total. The molecule has 1 heterocycles. The van der Waals surface area contributed by atoms with Crippen LogP contribution in [0.1, 0.15) is 10.4 Å². The van der Waals surface area contributed by atoms with E-state index < -0.39 is 11.7 Å². The number of aromatic nitrogens is 1. The van der Waals surface area contributed by atoms with Crippen molar-refractivity contribution >= 4 is 33.2 Å². The van der Waals surface area contributed by atoms with Crippen LogP contribution in [0.4, 0.5) is 15.8 Å². The number of pyridine rings is 1. The number of hydrogen-bond acceptors (Lipinski definition) is 4. The first kappa shape index (κ1) is 13.4. The molecule has 0 aliphatic carbocycles. The van der Waals surface area contributed by atoms with Crippen molar-refractivity contribution < 1.29 is 9.18 Å². The van der Waals surface area contributed by atoms with Crippen LogP contribution in [0.5, 0.6) is 0 Å². The van der Waals surface area contributed by atoms with Gasteiger partial charge in [-0.1, -0.05) is 15.9 Å². The van der Waals surface area contributed by atoms with Gasteiger partial charge in [0.25, 0.3) is 5.91 Å². The Labute approximate surface area is 117 Å². The minimum absolute atomic E-state index is 0.0907. The van der Waals surface area contributed by atoms with Crippen molar-refractivity contribution in [2.24, 2.45) is 5.84 Å². The molecule has 1 amide bonds. The molecule has 0 fully saturated rings. The average molecular weight is 325 g/mol. The summed E-state index contributed by atoms with van der Waals surface area (Å²) in [6.07, 6.45) is 2.86. The zero-order valence-electron chi connectivity index (χ0n) is 9.65. The van der Waals surface area contributed by atoms with Gasteiger partial charge in [0.1, 0.15) is 5.82 Å². The zero-order valence-corrected chi connectivity index (χ0v) is 11.2. The van der Waals surface area contributed by atoms with Gasteiger partial charge in [-0.05, 0) is 24.3 Å². The third kappa shape index (κ3) is 3.07. The number of halogens is 2. The molecule has 0 saturated heterocycles. The van der Waals surface area contributed by atoms with Crippen molar-refractivity contribution in [3.05, 3.63) is 52.5 Å². The smallest absolute Gasteiger partial charge is 0.258 e. The third-order valence-electron chi connectivity index (χ3n) is 2.40. The first-order valence-electron chi connectivity index (χ1n) is 5.29. The number of benzene rings is 1. The maximum atomic E-state index is 13.6. The molecule has 2 aromatic rings. The van der Waals surface area contributed by atoms with Crippen molar-refractivity contribution in [3.63, 3.8) is 0 Å². The van der Waals surface area contributed by atoms with Crippen molar-refractivity contribution in [2.45, 2.75) is 0 Å². The number of nitrogens with zero attached hydrogens (tertiary/aromatic N) is 1. The van der Waals surface area contributed by atoms with Gasteiger partial charge < -0.3 is 10.7 Å². The largest absolute Gasteiger partial charge is 0.322 e. The van der Waals surface area contributed by atoms with Crippen LogP contribution in [0.3, 0.4) is 0 Å². The molecule has 1 aromatic carbocycles. The van der Waals surface area contributed by atoms with Crippen LogP contribution in [0, 0.1) is 5.82 Å². The summed E-state index contributed by atoms with van der Waals surface area (Å²) in [6, 6.07) is 5.85. The molecule has 0 aliphatic heterocycles. The lowest BCUT2D eigenvalue weighted by molar-refractivity contribution is 0.102. The fourth-order valence-corrected chi connectivity index (χ4v) is 1.82. The second kappa shape index (κ2) is 5.77. The number of hydrogen-bond donors (Lipinski definition) is 3. The fourth-order valence-electron chi connectivity index (χ4n) is 1.49. The van der Waals surface area contributed by atoms with E-state index in [-0.39, 0.29) is 11.3 Å². The highest BCUT2D eigenvalue weighted by Crippen LogP contribution is 2.21. The Morgan fingerprint density at radius 2 is 2.11 bits per heavy atom. The number of carbonyl (C=O) groups excluding carboxylic acids is 1. The molecule has 2 rings (SSSR count). The van der Waals surface area contributed by atoms with Gasteiger partial charge in [0, 0.05) is 10.7 Å². The summed E-state index contributed by atoms with van der Waals surface area (Å²) >= 11 is 3.14. The van der Waals surface area contributed by atoms with Gasteiger partial charge >= 0.3 is 0 Å². The highest BCUT2D eigenvalue weighted by Gasteiger charge is 2.13. The Kier molecular flexibility index (Phi) is 4.08. The molecular formula is C12H10BrFN4O. The number of nitrogens with one attached hydrogen (secondary N) is 2. The first-order chi connectivity index (χ1) is 9.11. The van der Waals surface area contributed by atoms with Crippen LogP contribution in [0.15, 0.2) is 41.1 Å². The predicted molar refractivity (Wildman–Crippen MR) is 74.1 cm³/mol. The second-order valence-electron chi connectivity index (χ2n) is 3.64. The quantitative estimate of drug-likeness (QED) is 0.598. The van der Waals surface area contributed by atoms with Gasteiger partial charge in [-0.25, -0.2) is 4.39 Å². The van der Waals surface area contributed by atoms with E-state index in [2.05, 4.69) is 31.7 Å². The van der Waals surface area contributed by atoms with E-state index >= 15 is 0 Å². The standard InChI is InChI=1S/C12H10BrFN4O/c13-7-1-2-10(9(14)5-7)17-12(19)8-3-4-16-6-11(8)18-15/h1-6,18H,15H2,(H,17,19). The predicted octanol–water partition coefficient (Wildman–Crippen LogP) is 2.52. The SMILES string of the molecule is NNc1cnccc1C(=O)Nc1ccc(Br)cc1F. The molecule has 0 aliphatic rings. The lowest BCUT2D eigenvalue weighted by atomic mass is 10.2. The fraction of sp³-hybridized carbons (Fsp3) is 0. The summed E-state index contributed by atoms with van der Waals surface area (Å²) < 4.78 is 14.2. The molecule has 1 aromatic heterocycles. The minimum atomic E-state index is -0.529. The van der Waals surface area contributed by atoms with Gasteiger partial charge in [-0.2, -0.15) is 0 Å². The van der Waals surface area contributed by atoms with Crippen molar-refractivity contribution in [2.75, 3.05) is 10.7 Å². The summed E-state index contributed by atoms with van der Waals surface area (Å²) in [5, 5.41) is 2.47. The maximum absolute atomic E-state index is 13.6. The highest BCUT2D eigenvalue weighted by molar-refractivity contribution is 9.10. The number of nitrogen functional groups attached to an aromatic ring is 1. The summed E-state index contributed by atoms with van der Waals surface area (Å²) in [7, 11) is 0. The molecule has 0 bridgehead atoms. The second-order valence-corrected chi connectivity index (χ2v) is 4.56. The van der Waals surface area contributed by atoms with Crippen molar-refractivity contribution in [1.82, 2.24) is 4.98 Å². The molecule has 7 heteroatoms. The van der Waals surface area contributed by atoms with Gasteiger partial charge in [0.05, 0.1) is 23.1 Å². The summed E-state index contributed by atoms with van der Waals surface area (Å²) in [5.41, 5.74) is 3.09. The lowest BCUT2D eigenvalue weighted by Crippen LogP contribution is -2.18.